The minimum absolute atomic E-state index is 0.207. The van der Waals surface area contributed by atoms with E-state index in [9.17, 15) is 14.0 Å². The smallest absolute Gasteiger partial charge is 0.343 e. The van der Waals surface area contributed by atoms with Crippen LogP contribution in [0.5, 0.6) is 11.5 Å². The number of hydrogen-bond acceptors (Lipinski definition) is 5. The Morgan fingerprint density at radius 1 is 1.00 bits per heavy atom. The standard InChI is InChI=1S/C23H18ClFN2O4/c1-2-30-21-13-15(14-26-27-22(28)16-4-8-18(24)9-5-16)3-12-20(21)31-23(29)17-6-10-19(25)11-7-17/h3-14H,2H2,1H3,(H,27,28)/b26-14-. The van der Waals surface area contributed by atoms with Gasteiger partial charge in [0.1, 0.15) is 5.82 Å². The maximum absolute atomic E-state index is 13.0. The fourth-order valence-electron chi connectivity index (χ4n) is 2.53. The summed E-state index contributed by atoms with van der Waals surface area (Å²) in [5.74, 6) is -0.941. The van der Waals surface area contributed by atoms with Gasteiger partial charge in [-0.2, -0.15) is 5.10 Å². The Kier molecular flexibility index (Phi) is 7.35. The van der Waals surface area contributed by atoms with E-state index < -0.39 is 11.8 Å². The lowest BCUT2D eigenvalue weighted by molar-refractivity contribution is 0.0728. The van der Waals surface area contributed by atoms with Crippen LogP contribution in [0.2, 0.25) is 5.02 Å². The van der Waals surface area contributed by atoms with E-state index in [4.69, 9.17) is 21.1 Å². The minimum atomic E-state index is -0.641. The quantitative estimate of drug-likeness (QED) is 0.246. The number of halogens is 2. The maximum atomic E-state index is 13.0. The predicted molar refractivity (Wildman–Crippen MR) is 115 cm³/mol. The lowest BCUT2D eigenvalue weighted by Gasteiger charge is -2.11. The van der Waals surface area contributed by atoms with Crippen LogP contribution in [-0.2, 0) is 0 Å². The minimum Gasteiger partial charge on any atom is -0.490 e. The van der Waals surface area contributed by atoms with E-state index in [1.807, 2.05) is 0 Å². The van der Waals surface area contributed by atoms with Gasteiger partial charge in [-0.25, -0.2) is 14.6 Å². The van der Waals surface area contributed by atoms with Crippen LogP contribution < -0.4 is 14.9 Å². The number of hydrazone groups is 1. The van der Waals surface area contributed by atoms with Crippen molar-refractivity contribution in [3.63, 3.8) is 0 Å². The molecule has 0 aliphatic rings. The monoisotopic (exact) mass is 440 g/mol. The molecule has 0 heterocycles. The number of esters is 1. The summed E-state index contributed by atoms with van der Waals surface area (Å²) in [5.41, 5.74) is 3.66. The van der Waals surface area contributed by atoms with Crippen molar-refractivity contribution < 1.29 is 23.5 Å². The molecule has 0 spiro atoms. The molecule has 8 heteroatoms. The zero-order valence-electron chi connectivity index (χ0n) is 16.5. The first-order valence-corrected chi connectivity index (χ1v) is 9.67. The molecule has 3 aromatic carbocycles. The lowest BCUT2D eigenvalue weighted by atomic mass is 10.2. The van der Waals surface area contributed by atoms with Crippen molar-refractivity contribution in [2.75, 3.05) is 6.61 Å². The summed E-state index contributed by atoms with van der Waals surface area (Å²) in [6.07, 6.45) is 1.43. The Bertz CT molecular complexity index is 1100. The molecule has 0 bridgehead atoms. The molecule has 0 fully saturated rings. The fourth-order valence-corrected chi connectivity index (χ4v) is 2.66. The Morgan fingerprint density at radius 3 is 2.35 bits per heavy atom. The van der Waals surface area contributed by atoms with Gasteiger partial charge < -0.3 is 9.47 Å². The second kappa shape index (κ2) is 10.4. The van der Waals surface area contributed by atoms with Gasteiger partial charge in [-0.3, -0.25) is 4.79 Å². The molecule has 0 unspecified atom stereocenters. The first-order valence-electron chi connectivity index (χ1n) is 9.30. The van der Waals surface area contributed by atoms with Crippen LogP contribution in [0.1, 0.15) is 33.2 Å². The number of nitrogens with one attached hydrogen (secondary N) is 1. The van der Waals surface area contributed by atoms with E-state index in [0.29, 0.717) is 28.5 Å². The zero-order valence-corrected chi connectivity index (χ0v) is 17.2. The summed E-state index contributed by atoms with van der Waals surface area (Å²) < 4.78 is 24.0. The molecule has 6 nitrogen and oxygen atoms in total. The third-order valence-electron chi connectivity index (χ3n) is 4.04. The molecule has 1 N–H and O–H groups in total. The van der Waals surface area contributed by atoms with E-state index in [-0.39, 0.29) is 17.2 Å². The fraction of sp³-hybridized carbons (Fsp3) is 0.0870. The average Bonchev–Trinajstić information content (AvgIpc) is 2.76. The molecular weight excluding hydrogens is 423 g/mol. The van der Waals surface area contributed by atoms with Crippen LogP contribution >= 0.6 is 11.6 Å². The molecule has 158 valence electrons. The van der Waals surface area contributed by atoms with Gasteiger partial charge in [-0.15, -0.1) is 0 Å². The second-order valence-corrected chi connectivity index (χ2v) is 6.68. The van der Waals surface area contributed by atoms with Gasteiger partial charge in [0.05, 0.1) is 18.4 Å². The van der Waals surface area contributed by atoms with E-state index in [1.165, 1.54) is 30.5 Å². The topological polar surface area (TPSA) is 77.0 Å². The van der Waals surface area contributed by atoms with Crippen molar-refractivity contribution in [3.8, 4) is 11.5 Å². The van der Waals surface area contributed by atoms with Crippen LogP contribution in [-0.4, -0.2) is 24.7 Å². The van der Waals surface area contributed by atoms with Gasteiger partial charge in [-0.05, 0) is 79.2 Å². The number of benzene rings is 3. The third kappa shape index (κ3) is 6.13. The first-order chi connectivity index (χ1) is 15.0. The Morgan fingerprint density at radius 2 is 1.68 bits per heavy atom. The number of rotatable bonds is 7. The Labute approximate surface area is 183 Å². The van der Waals surface area contributed by atoms with Gasteiger partial charge in [-0.1, -0.05) is 11.6 Å². The average molecular weight is 441 g/mol. The van der Waals surface area contributed by atoms with Gasteiger partial charge in [0.25, 0.3) is 5.91 Å². The van der Waals surface area contributed by atoms with Crippen molar-refractivity contribution in [3.05, 3.63) is 94.3 Å². The highest BCUT2D eigenvalue weighted by Crippen LogP contribution is 2.29. The van der Waals surface area contributed by atoms with Crippen LogP contribution in [0, 0.1) is 5.82 Å². The molecule has 0 aromatic heterocycles. The molecule has 0 atom stereocenters. The second-order valence-electron chi connectivity index (χ2n) is 6.24. The van der Waals surface area contributed by atoms with E-state index in [2.05, 4.69) is 10.5 Å². The molecule has 3 rings (SSSR count). The first kappa shape index (κ1) is 22.0. The van der Waals surface area contributed by atoms with Crippen LogP contribution in [0.25, 0.3) is 0 Å². The normalized spacial score (nSPS) is 10.7. The van der Waals surface area contributed by atoms with E-state index >= 15 is 0 Å². The van der Waals surface area contributed by atoms with Gasteiger partial charge in [0.2, 0.25) is 0 Å². The summed E-state index contributed by atoms with van der Waals surface area (Å²) in [6, 6.07) is 16.2. The third-order valence-corrected chi connectivity index (χ3v) is 4.29. The molecule has 0 radical (unpaired) electrons. The Balaban J connectivity index is 1.69. The maximum Gasteiger partial charge on any atom is 0.343 e. The summed E-state index contributed by atoms with van der Waals surface area (Å²) in [7, 11) is 0. The summed E-state index contributed by atoms with van der Waals surface area (Å²) in [4.78, 5) is 24.4. The van der Waals surface area contributed by atoms with E-state index in [0.717, 1.165) is 0 Å². The van der Waals surface area contributed by atoms with Crippen molar-refractivity contribution >= 4 is 29.7 Å². The van der Waals surface area contributed by atoms with Gasteiger partial charge in [0, 0.05) is 10.6 Å². The number of carbonyl (C=O) groups is 2. The highest BCUT2D eigenvalue weighted by Gasteiger charge is 2.13. The molecule has 0 aliphatic heterocycles. The van der Waals surface area contributed by atoms with Crippen LogP contribution in [0.4, 0.5) is 4.39 Å². The number of carbonyl (C=O) groups excluding carboxylic acids is 2. The van der Waals surface area contributed by atoms with Gasteiger partial charge >= 0.3 is 5.97 Å². The van der Waals surface area contributed by atoms with Crippen molar-refractivity contribution in [1.82, 2.24) is 5.43 Å². The van der Waals surface area contributed by atoms with E-state index in [1.54, 1.807) is 49.4 Å². The van der Waals surface area contributed by atoms with Crippen LogP contribution in [0.3, 0.4) is 0 Å². The van der Waals surface area contributed by atoms with Crippen LogP contribution in [0.15, 0.2) is 71.8 Å². The van der Waals surface area contributed by atoms with Crippen molar-refractivity contribution in [2.45, 2.75) is 6.92 Å². The Hall–Kier alpha value is -3.71. The van der Waals surface area contributed by atoms with Gasteiger partial charge in [0.15, 0.2) is 11.5 Å². The molecule has 3 aromatic rings. The predicted octanol–water partition coefficient (Wildman–Crippen LogP) is 4.86. The SMILES string of the molecule is CCOc1cc(/C=N\NC(=O)c2ccc(Cl)cc2)ccc1OC(=O)c1ccc(F)cc1. The summed E-state index contributed by atoms with van der Waals surface area (Å²) in [5, 5.41) is 4.46. The largest absolute Gasteiger partial charge is 0.490 e. The highest BCUT2D eigenvalue weighted by atomic mass is 35.5. The molecule has 0 aliphatic carbocycles. The summed E-state index contributed by atoms with van der Waals surface area (Å²) >= 11 is 5.81. The molecule has 0 saturated heterocycles. The highest BCUT2D eigenvalue weighted by molar-refractivity contribution is 6.30. The molecular formula is C23H18ClFN2O4. The number of amides is 1. The zero-order chi connectivity index (χ0) is 22.2. The molecule has 1 amide bonds. The number of hydrogen-bond donors (Lipinski definition) is 1. The molecule has 31 heavy (non-hydrogen) atoms. The lowest BCUT2D eigenvalue weighted by Crippen LogP contribution is -2.17. The van der Waals surface area contributed by atoms with Crippen molar-refractivity contribution in [2.24, 2.45) is 5.10 Å². The van der Waals surface area contributed by atoms with Crippen molar-refractivity contribution in [1.29, 1.82) is 0 Å². The number of ether oxygens (including phenoxy) is 2. The molecule has 0 saturated carbocycles. The number of nitrogens with zero attached hydrogens (tertiary/aromatic N) is 1. The summed E-state index contributed by atoms with van der Waals surface area (Å²) in [6.45, 7) is 2.13.